The first-order valence-corrected chi connectivity index (χ1v) is 8.51. The average Bonchev–Trinajstić information content (AvgIpc) is 2.42. The molecule has 1 unspecified atom stereocenters. The van der Waals surface area contributed by atoms with E-state index in [-0.39, 0.29) is 18.0 Å². The molecule has 0 aliphatic carbocycles. The van der Waals surface area contributed by atoms with E-state index < -0.39 is 37.4 Å². The van der Waals surface area contributed by atoms with Gasteiger partial charge in [0.1, 0.15) is 0 Å². The molecular formula is C14H20N2O6S. The molecule has 0 aromatic heterocycles. The van der Waals surface area contributed by atoms with E-state index in [2.05, 4.69) is 4.72 Å². The minimum atomic E-state index is -4.19. The highest BCUT2D eigenvalue weighted by atomic mass is 32.2. The lowest BCUT2D eigenvalue weighted by Crippen LogP contribution is -2.34. The molecule has 0 aliphatic rings. The van der Waals surface area contributed by atoms with E-state index in [4.69, 9.17) is 5.11 Å². The van der Waals surface area contributed by atoms with Crippen molar-refractivity contribution in [1.82, 2.24) is 4.72 Å². The third-order valence-electron chi connectivity index (χ3n) is 3.28. The first kappa shape index (κ1) is 19.0. The van der Waals surface area contributed by atoms with Gasteiger partial charge in [0.2, 0.25) is 10.0 Å². The summed E-state index contributed by atoms with van der Waals surface area (Å²) in [5.74, 6) is -1.93. The van der Waals surface area contributed by atoms with Gasteiger partial charge in [-0.15, -0.1) is 0 Å². The monoisotopic (exact) mass is 344 g/mol. The van der Waals surface area contributed by atoms with E-state index in [0.717, 1.165) is 6.07 Å². The highest BCUT2D eigenvalue weighted by Gasteiger charge is 2.29. The van der Waals surface area contributed by atoms with Crippen molar-refractivity contribution in [2.24, 2.45) is 11.8 Å². The number of aliphatic carboxylic acids is 1. The number of nitro groups is 1. The number of carboxylic acid groups (broad SMARTS) is 1. The lowest BCUT2D eigenvalue weighted by molar-refractivity contribution is -0.387. The van der Waals surface area contributed by atoms with Crippen LogP contribution in [0.5, 0.6) is 0 Å². The average molecular weight is 344 g/mol. The maximum Gasteiger partial charge on any atom is 0.307 e. The fourth-order valence-electron chi connectivity index (χ4n) is 2.25. The van der Waals surface area contributed by atoms with E-state index in [0.29, 0.717) is 6.42 Å². The number of carboxylic acids is 1. The molecule has 1 atom stereocenters. The summed E-state index contributed by atoms with van der Waals surface area (Å²) in [5.41, 5.74) is -0.310. The number of hydrogen-bond donors (Lipinski definition) is 2. The molecule has 8 nitrogen and oxygen atoms in total. The van der Waals surface area contributed by atoms with Crippen LogP contribution in [0.25, 0.3) is 0 Å². The summed E-state index contributed by atoms with van der Waals surface area (Å²) >= 11 is 0. The second-order valence-electron chi connectivity index (χ2n) is 5.70. The van der Waals surface area contributed by atoms with Gasteiger partial charge in [0, 0.05) is 12.6 Å². The minimum Gasteiger partial charge on any atom is -0.481 e. The maximum absolute atomic E-state index is 12.4. The Labute approximate surface area is 134 Å². The second kappa shape index (κ2) is 7.51. The van der Waals surface area contributed by atoms with Gasteiger partial charge in [-0.25, -0.2) is 13.1 Å². The molecule has 0 amide bonds. The third kappa shape index (κ3) is 5.00. The van der Waals surface area contributed by atoms with Gasteiger partial charge in [-0.05, 0) is 24.8 Å². The van der Waals surface area contributed by atoms with Gasteiger partial charge in [-0.2, -0.15) is 0 Å². The number of rotatable bonds is 8. The Morgan fingerprint density at radius 3 is 2.48 bits per heavy atom. The zero-order chi connectivity index (χ0) is 17.8. The van der Waals surface area contributed by atoms with Gasteiger partial charge < -0.3 is 5.11 Å². The Balaban J connectivity index is 3.09. The molecule has 0 radical (unpaired) electrons. The zero-order valence-corrected chi connectivity index (χ0v) is 14.0. The fraction of sp³-hybridized carbons (Fsp3) is 0.500. The molecule has 9 heteroatoms. The van der Waals surface area contributed by atoms with E-state index in [1.807, 2.05) is 13.8 Å². The molecule has 0 saturated heterocycles. The van der Waals surface area contributed by atoms with Crippen molar-refractivity contribution in [2.75, 3.05) is 6.54 Å². The Morgan fingerprint density at radius 2 is 2.00 bits per heavy atom. The van der Waals surface area contributed by atoms with Gasteiger partial charge >= 0.3 is 5.97 Å². The van der Waals surface area contributed by atoms with Crippen LogP contribution in [0.15, 0.2) is 23.1 Å². The summed E-state index contributed by atoms with van der Waals surface area (Å²) < 4.78 is 27.0. The van der Waals surface area contributed by atoms with Crippen molar-refractivity contribution < 1.29 is 23.2 Å². The van der Waals surface area contributed by atoms with Gasteiger partial charge in [-0.1, -0.05) is 26.0 Å². The van der Waals surface area contributed by atoms with Gasteiger partial charge in [0.25, 0.3) is 5.69 Å². The van der Waals surface area contributed by atoms with Crippen LogP contribution in [-0.4, -0.2) is 31.0 Å². The van der Waals surface area contributed by atoms with Crippen molar-refractivity contribution in [1.29, 1.82) is 0 Å². The number of hydrogen-bond acceptors (Lipinski definition) is 5. The van der Waals surface area contributed by atoms with Crippen LogP contribution in [0.2, 0.25) is 0 Å². The standard InChI is InChI=1S/C14H20N2O6S/c1-9(2)7-11(14(17)18)8-15-23(21,22)13-10(3)5-4-6-12(13)16(19)20/h4-6,9,11,15H,7-8H2,1-3H3,(H,17,18). The first-order valence-electron chi connectivity index (χ1n) is 7.02. The summed E-state index contributed by atoms with van der Waals surface area (Å²) in [7, 11) is -4.19. The number of benzene rings is 1. The Hall–Kier alpha value is -2.00. The smallest absolute Gasteiger partial charge is 0.307 e. The molecule has 2 N–H and O–H groups in total. The fourth-order valence-corrected chi connectivity index (χ4v) is 3.73. The molecule has 0 aliphatic heterocycles. The lowest BCUT2D eigenvalue weighted by atomic mass is 9.98. The van der Waals surface area contributed by atoms with Crippen molar-refractivity contribution in [3.63, 3.8) is 0 Å². The third-order valence-corrected chi connectivity index (χ3v) is 4.90. The van der Waals surface area contributed by atoms with Crippen LogP contribution >= 0.6 is 0 Å². The van der Waals surface area contributed by atoms with Gasteiger partial charge in [0.05, 0.1) is 10.8 Å². The van der Waals surface area contributed by atoms with Crippen LogP contribution in [0.4, 0.5) is 5.69 Å². The molecule has 1 aromatic rings. The summed E-state index contributed by atoms with van der Waals surface area (Å²) in [6.45, 7) is 4.79. The number of nitrogens with one attached hydrogen (secondary N) is 1. The van der Waals surface area contributed by atoms with Gasteiger partial charge in [-0.3, -0.25) is 14.9 Å². The first-order chi connectivity index (χ1) is 10.6. The van der Waals surface area contributed by atoms with E-state index in [1.165, 1.54) is 19.1 Å². The molecular weight excluding hydrogens is 324 g/mol. The molecule has 23 heavy (non-hydrogen) atoms. The van der Waals surface area contributed by atoms with Crippen LogP contribution < -0.4 is 4.72 Å². The Morgan fingerprint density at radius 1 is 1.39 bits per heavy atom. The highest BCUT2D eigenvalue weighted by Crippen LogP contribution is 2.27. The van der Waals surface area contributed by atoms with Crippen molar-refractivity contribution in [3.8, 4) is 0 Å². The molecule has 0 saturated carbocycles. The maximum atomic E-state index is 12.4. The molecule has 1 rings (SSSR count). The van der Waals surface area contributed by atoms with Crippen LogP contribution in [0.1, 0.15) is 25.8 Å². The Kier molecular flexibility index (Phi) is 6.22. The quantitative estimate of drug-likeness (QED) is 0.548. The van der Waals surface area contributed by atoms with Crippen molar-refractivity contribution in [3.05, 3.63) is 33.9 Å². The minimum absolute atomic E-state index is 0.0772. The van der Waals surface area contributed by atoms with E-state index >= 15 is 0 Å². The summed E-state index contributed by atoms with van der Waals surface area (Å²) in [6.07, 6.45) is 0.299. The predicted molar refractivity (Wildman–Crippen MR) is 83.6 cm³/mol. The highest BCUT2D eigenvalue weighted by molar-refractivity contribution is 7.89. The number of carbonyl (C=O) groups is 1. The number of aryl methyl sites for hydroxylation is 1. The molecule has 0 bridgehead atoms. The molecule has 128 valence electrons. The van der Waals surface area contributed by atoms with Crippen molar-refractivity contribution >= 4 is 21.7 Å². The normalized spacial score (nSPS) is 13.0. The summed E-state index contributed by atoms with van der Waals surface area (Å²) in [5, 5.41) is 20.2. The molecule has 1 aromatic carbocycles. The number of sulfonamides is 1. The summed E-state index contributed by atoms with van der Waals surface area (Å²) in [4.78, 5) is 21.0. The SMILES string of the molecule is Cc1cccc([N+](=O)[O-])c1S(=O)(=O)NCC(CC(C)C)C(=O)O. The molecule has 0 heterocycles. The lowest BCUT2D eigenvalue weighted by Gasteiger charge is -2.16. The molecule has 0 spiro atoms. The van der Waals surface area contributed by atoms with Crippen molar-refractivity contribution in [2.45, 2.75) is 32.1 Å². The number of nitrogens with zero attached hydrogens (tertiary/aromatic N) is 1. The van der Waals surface area contributed by atoms with E-state index in [1.54, 1.807) is 0 Å². The van der Waals surface area contributed by atoms with Crippen LogP contribution in [-0.2, 0) is 14.8 Å². The molecule has 0 fully saturated rings. The van der Waals surface area contributed by atoms with Crippen LogP contribution in [0, 0.1) is 28.9 Å². The number of nitro benzene ring substituents is 1. The van der Waals surface area contributed by atoms with Crippen LogP contribution in [0.3, 0.4) is 0 Å². The van der Waals surface area contributed by atoms with Gasteiger partial charge in [0.15, 0.2) is 4.90 Å². The topological polar surface area (TPSA) is 127 Å². The zero-order valence-electron chi connectivity index (χ0n) is 13.1. The second-order valence-corrected chi connectivity index (χ2v) is 7.40. The Bertz CT molecular complexity index is 699. The largest absolute Gasteiger partial charge is 0.481 e. The van der Waals surface area contributed by atoms with E-state index in [9.17, 15) is 23.3 Å². The summed E-state index contributed by atoms with van der Waals surface area (Å²) in [6, 6.07) is 3.94. The predicted octanol–water partition coefficient (Wildman–Crippen LogP) is 1.93.